The van der Waals surface area contributed by atoms with Crippen LogP contribution in [0.4, 0.5) is 5.69 Å². The molecule has 112 valence electrons. The van der Waals surface area contributed by atoms with Crippen LogP contribution in [0.1, 0.15) is 16.1 Å². The fourth-order valence-corrected chi connectivity index (χ4v) is 2.11. The van der Waals surface area contributed by atoms with Crippen LogP contribution < -0.4 is 5.32 Å². The highest BCUT2D eigenvalue weighted by Gasteiger charge is 2.08. The number of anilines is 1. The molecule has 1 heterocycles. The Labute approximate surface area is 131 Å². The van der Waals surface area contributed by atoms with E-state index in [1.165, 1.54) is 0 Å². The van der Waals surface area contributed by atoms with Crippen molar-refractivity contribution in [1.29, 1.82) is 0 Å². The molecule has 0 fully saturated rings. The summed E-state index contributed by atoms with van der Waals surface area (Å²) >= 11 is 3.30. The van der Waals surface area contributed by atoms with Crippen LogP contribution in [0.3, 0.4) is 0 Å². The number of H-pyrrole nitrogens is 1. The van der Waals surface area contributed by atoms with Gasteiger partial charge in [0.25, 0.3) is 5.91 Å². The number of nitrogens with one attached hydrogen (secondary N) is 2. The summed E-state index contributed by atoms with van der Waals surface area (Å²) < 4.78 is 11.2. The minimum Gasteiger partial charge on any atom is -0.382 e. The number of rotatable bonds is 7. The van der Waals surface area contributed by atoms with Gasteiger partial charge in [-0.3, -0.25) is 4.79 Å². The summed E-state index contributed by atoms with van der Waals surface area (Å²) in [5.41, 5.74) is 2.23. The molecule has 0 unspecified atom stereocenters. The highest BCUT2D eigenvalue weighted by atomic mass is 79.9. The van der Waals surface area contributed by atoms with Crippen molar-refractivity contribution >= 4 is 27.5 Å². The minimum absolute atomic E-state index is 0.182. The molecule has 5 nitrogen and oxygen atoms in total. The topological polar surface area (TPSA) is 63.4 Å². The number of carbonyl (C=O) groups is 1. The minimum atomic E-state index is -0.182. The molecule has 6 heteroatoms. The maximum Gasteiger partial charge on any atom is 0.272 e. The van der Waals surface area contributed by atoms with Crippen LogP contribution >= 0.6 is 15.9 Å². The van der Waals surface area contributed by atoms with Gasteiger partial charge >= 0.3 is 0 Å². The van der Waals surface area contributed by atoms with E-state index in [9.17, 15) is 4.79 Å². The maximum absolute atomic E-state index is 12.0. The summed E-state index contributed by atoms with van der Waals surface area (Å²) in [6.07, 6.45) is 1.72. The van der Waals surface area contributed by atoms with Crippen molar-refractivity contribution in [2.45, 2.75) is 6.61 Å². The van der Waals surface area contributed by atoms with Crippen LogP contribution in [0.25, 0.3) is 0 Å². The number of carbonyl (C=O) groups excluding carboxylic acids is 1. The van der Waals surface area contributed by atoms with Crippen molar-refractivity contribution in [2.75, 3.05) is 25.6 Å². The average Bonchev–Trinajstić information content (AvgIpc) is 2.91. The number of hydrogen-bond donors (Lipinski definition) is 2. The molecule has 0 radical (unpaired) electrons. The zero-order valence-corrected chi connectivity index (χ0v) is 13.3. The first-order valence-corrected chi connectivity index (χ1v) is 7.29. The molecular formula is C15H17BrN2O3. The Kier molecular flexibility index (Phi) is 5.98. The monoisotopic (exact) mass is 352 g/mol. The Bertz CT molecular complexity index is 598. The second-order valence-electron chi connectivity index (χ2n) is 4.43. The molecule has 0 bridgehead atoms. The van der Waals surface area contributed by atoms with Crippen molar-refractivity contribution in [3.8, 4) is 0 Å². The van der Waals surface area contributed by atoms with Crippen LogP contribution in [0, 0.1) is 0 Å². The van der Waals surface area contributed by atoms with Crippen LogP contribution in [-0.4, -0.2) is 31.2 Å². The van der Waals surface area contributed by atoms with E-state index in [-0.39, 0.29) is 5.91 Å². The number of aromatic amines is 1. The van der Waals surface area contributed by atoms with Crippen LogP contribution in [0.15, 0.2) is 41.0 Å². The third kappa shape index (κ3) is 5.00. The first-order chi connectivity index (χ1) is 10.2. The van der Waals surface area contributed by atoms with E-state index in [2.05, 4.69) is 26.2 Å². The number of halogens is 1. The molecule has 0 saturated heterocycles. The molecule has 21 heavy (non-hydrogen) atoms. The van der Waals surface area contributed by atoms with Gasteiger partial charge in [-0.25, -0.2) is 0 Å². The largest absolute Gasteiger partial charge is 0.382 e. The third-order valence-corrected chi connectivity index (χ3v) is 3.24. The summed E-state index contributed by atoms with van der Waals surface area (Å²) in [5.74, 6) is -0.182. The van der Waals surface area contributed by atoms with E-state index in [1.807, 2.05) is 24.3 Å². The molecule has 0 saturated carbocycles. The lowest BCUT2D eigenvalue weighted by atomic mass is 10.2. The first-order valence-electron chi connectivity index (χ1n) is 6.50. The average molecular weight is 353 g/mol. The van der Waals surface area contributed by atoms with Gasteiger partial charge in [0.1, 0.15) is 5.69 Å². The number of hydrogen-bond acceptors (Lipinski definition) is 3. The van der Waals surface area contributed by atoms with E-state index < -0.39 is 0 Å². The van der Waals surface area contributed by atoms with Gasteiger partial charge in [0, 0.05) is 23.5 Å². The van der Waals surface area contributed by atoms with Gasteiger partial charge in [-0.2, -0.15) is 0 Å². The van der Waals surface area contributed by atoms with E-state index in [4.69, 9.17) is 9.47 Å². The molecule has 1 amide bonds. The number of benzene rings is 1. The molecule has 2 N–H and O–H groups in total. The predicted molar refractivity (Wildman–Crippen MR) is 84.4 cm³/mol. The molecule has 0 aliphatic rings. The zero-order chi connectivity index (χ0) is 15.1. The summed E-state index contributed by atoms with van der Waals surface area (Å²) in [6, 6.07) is 9.30. The fourth-order valence-electron chi connectivity index (χ4n) is 1.77. The Morgan fingerprint density at radius 1 is 1.33 bits per heavy atom. The van der Waals surface area contributed by atoms with Crippen LogP contribution in [-0.2, 0) is 16.1 Å². The van der Waals surface area contributed by atoms with E-state index in [0.29, 0.717) is 25.5 Å². The molecular weight excluding hydrogens is 336 g/mol. The molecule has 1 aromatic carbocycles. The van der Waals surface area contributed by atoms with Gasteiger partial charge in [-0.05, 0) is 39.7 Å². The number of ether oxygens (including phenoxy) is 2. The zero-order valence-electron chi connectivity index (χ0n) is 11.7. The van der Waals surface area contributed by atoms with E-state index in [1.54, 1.807) is 19.4 Å². The van der Waals surface area contributed by atoms with Crippen LogP contribution in [0.5, 0.6) is 0 Å². The summed E-state index contributed by atoms with van der Waals surface area (Å²) in [4.78, 5) is 14.9. The van der Waals surface area contributed by atoms with Crippen molar-refractivity contribution in [2.24, 2.45) is 0 Å². The lowest BCUT2D eigenvalue weighted by Gasteiger charge is -2.07. The summed E-state index contributed by atoms with van der Waals surface area (Å²) in [7, 11) is 1.64. The van der Waals surface area contributed by atoms with Gasteiger partial charge in [0.05, 0.1) is 19.8 Å². The van der Waals surface area contributed by atoms with Gasteiger partial charge < -0.3 is 19.8 Å². The normalized spacial score (nSPS) is 10.6. The molecule has 1 aromatic heterocycles. The lowest BCUT2D eigenvalue weighted by molar-refractivity contribution is 0.0617. The number of amides is 1. The Hall–Kier alpha value is -1.63. The second kappa shape index (κ2) is 7.97. The van der Waals surface area contributed by atoms with Crippen molar-refractivity contribution in [3.63, 3.8) is 0 Å². The highest BCUT2D eigenvalue weighted by molar-refractivity contribution is 9.10. The maximum atomic E-state index is 12.0. The van der Waals surface area contributed by atoms with Gasteiger partial charge in [0.15, 0.2) is 0 Å². The Morgan fingerprint density at radius 3 is 2.90 bits per heavy atom. The standard InChI is InChI=1S/C15H17BrN2O3/c1-20-5-6-21-10-11-3-2-4-13(7-11)18-15(19)14-8-12(16)9-17-14/h2-4,7-9,17H,5-6,10H2,1H3,(H,18,19). The van der Waals surface area contributed by atoms with Crippen molar-refractivity contribution < 1.29 is 14.3 Å². The van der Waals surface area contributed by atoms with Crippen LogP contribution in [0.2, 0.25) is 0 Å². The number of aromatic nitrogens is 1. The smallest absolute Gasteiger partial charge is 0.272 e. The van der Waals surface area contributed by atoms with Crippen molar-refractivity contribution in [1.82, 2.24) is 4.98 Å². The molecule has 2 aromatic rings. The predicted octanol–water partition coefficient (Wildman–Crippen LogP) is 3.19. The van der Waals surface area contributed by atoms with Gasteiger partial charge in [0.2, 0.25) is 0 Å². The first kappa shape index (κ1) is 15.8. The molecule has 0 spiro atoms. The Balaban J connectivity index is 1.92. The molecule has 0 aliphatic heterocycles. The highest BCUT2D eigenvalue weighted by Crippen LogP contribution is 2.15. The molecule has 2 rings (SSSR count). The van der Waals surface area contributed by atoms with Gasteiger partial charge in [-0.15, -0.1) is 0 Å². The number of methoxy groups -OCH3 is 1. The summed E-state index contributed by atoms with van der Waals surface area (Å²) in [6.45, 7) is 1.60. The molecule has 0 atom stereocenters. The fraction of sp³-hybridized carbons (Fsp3) is 0.267. The SMILES string of the molecule is COCCOCc1cccc(NC(=O)c2cc(Br)c[nH]2)c1. The summed E-state index contributed by atoms with van der Waals surface area (Å²) in [5, 5.41) is 2.84. The second-order valence-corrected chi connectivity index (χ2v) is 5.35. The van der Waals surface area contributed by atoms with Gasteiger partial charge in [-0.1, -0.05) is 12.1 Å². The third-order valence-electron chi connectivity index (χ3n) is 2.78. The molecule has 0 aliphatic carbocycles. The quantitative estimate of drug-likeness (QED) is 0.752. The van der Waals surface area contributed by atoms with Crippen molar-refractivity contribution in [3.05, 3.63) is 52.3 Å². The van der Waals surface area contributed by atoms with E-state index in [0.717, 1.165) is 15.7 Å². The van der Waals surface area contributed by atoms with E-state index >= 15 is 0 Å². The lowest BCUT2D eigenvalue weighted by Crippen LogP contribution is -2.12. The Morgan fingerprint density at radius 2 is 2.19 bits per heavy atom.